The number of hydrogen-bond acceptors (Lipinski definition) is 2. The maximum atomic E-state index is 11.6. The fourth-order valence-corrected chi connectivity index (χ4v) is 8.97. The summed E-state index contributed by atoms with van der Waals surface area (Å²) in [5.74, 6) is 4.80. The van der Waals surface area contributed by atoms with Crippen molar-refractivity contribution in [3.63, 3.8) is 0 Å². The van der Waals surface area contributed by atoms with Crippen LogP contribution in [-0.4, -0.2) is 17.4 Å². The second-order valence-electron chi connectivity index (χ2n) is 12.1. The van der Waals surface area contributed by atoms with Gasteiger partial charge in [0.25, 0.3) is 0 Å². The maximum absolute atomic E-state index is 11.6. The van der Waals surface area contributed by atoms with Crippen LogP contribution < -0.4 is 0 Å². The molecule has 3 unspecified atom stereocenters. The quantitative estimate of drug-likeness (QED) is 0.358. The van der Waals surface area contributed by atoms with Gasteiger partial charge >= 0.3 is 37.9 Å². The summed E-state index contributed by atoms with van der Waals surface area (Å²) in [6, 6.07) is 15.7. The molecule has 2 nitrogen and oxygen atoms in total. The SMILES string of the molecule is Oc1c(C=NC2CC3CCC2C3)cc(-c2ccccc2)cc1C12CC3CC(CC(C3)C1)C2.[Cl][Zr][Cl]. The van der Waals surface area contributed by atoms with Crippen LogP contribution in [0.1, 0.15) is 75.3 Å². The van der Waals surface area contributed by atoms with Gasteiger partial charge in [0.15, 0.2) is 0 Å². The third-order valence-corrected chi connectivity index (χ3v) is 9.96. The van der Waals surface area contributed by atoms with Crippen LogP contribution in [0, 0.1) is 29.6 Å². The van der Waals surface area contributed by atoms with Crippen LogP contribution in [0.3, 0.4) is 0 Å². The molecule has 6 bridgehead atoms. The molecular formula is C30H35Cl2NOZr. The number of nitrogens with zero attached hydrogens (tertiary/aromatic N) is 1. The molecule has 6 aliphatic rings. The van der Waals surface area contributed by atoms with E-state index < -0.39 is 20.8 Å². The molecule has 0 aliphatic heterocycles. The number of aromatic hydroxyl groups is 1. The molecule has 0 saturated heterocycles. The van der Waals surface area contributed by atoms with E-state index in [1.807, 2.05) is 6.21 Å². The summed E-state index contributed by atoms with van der Waals surface area (Å²) in [7, 11) is 9.87. The molecule has 5 heteroatoms. The van der Waals surface area contributed by atoms with E-state index in [1.165, 1.54) is 80.9 Å². The monoisotopic (exact) mass is 585 g/mol. The number of halogens is 2. The van der Waals surface area contributed by atoms with Crippen molar-refractivity contribution in [1.29, 1.82) is 0 Å². The van der Waals surface area contributed by atoms with Crippen molar-refractivity contribution in [2.45, 2.75) is 75.7 Å². The van der Waals surface area contributed by atoms with Gasteiger partial charge in [0.1, 0.15) is 5.75 Å². The number of hydrogen-bond donors (Lipinski definition) is 1. The number of benzene rings is 2. The van der Waals surface area contributed by atoms with Gasteiger partial charge < -0.3 is 5.11 Å². The predicted octanol–water partition coefficient (Wildman–Crippen LogP) is 8.51. The summed E-state index contributed by atoms with van der Waals surface area (Å²) in [6.45, 7) is 0. The Morgan fingerprint density at radius 3 is 2.06 bits per heavy atom. The molecule has 0 radical (unpaired) electrons. The van der Waals surface area contributed by atoms with Crippen LogP contribution in [0.4, 0.5) is 0 Å². The van der Waals surface area contributed by atoms with E-state index in [4.69, 9.17) is 22.0 Å². The Morgan fingerprint density at radius 2 is 1.49 bits per heavy atom. The number of aliphatic imine (C=N–C) groups is 1. The molecule has 3 atom stereocenters. The first-order chi connectivity index (χ1) is 17.1. The molecule has 0 heterocycles. The van der Waals surface area contributed by atoms with Crippen LogP contribution in [0.15, 0.2) is 47.5 Å². The van der Waals surface area contributed by atoms with Gasteiger partial charge in [-0.2, -0.15) is 0 Å². The third-order valence-electron chi connectivity index (χ3n) is 9.96. The van der Waals surface area contributed by atoms with E-state index in [-0.39, 0.29) is 5.41 Å². The zero-order chi connectivity index (χ0) is 24.0. The van der Waals surface area contributed by atoms with Crippen LogP contribution >= 0.6 is 17.0 Å². The van der Waals surface area contributed by atoms with Crippen LogP contribution in [0.25, 0.3) is 11.1 Å². The van der Waals surface area contributed by atoms with Crippen molar-refractivity contribution < 1.29 is 26.0 Å². The Kier molecular flexibility index (Phi) is 7.24. The summed E-state index contributed by atoms with van der Waals surface area (Å²) in [4.78, 5) is 5.07. The zero-order valence-corrected chi connectivity index (χ0v) is 24.3. The van der Waals surface area contributed by atoms with Crippen LogP contribution in [0.5, 0.6) is 5.75 Å². The molecule has 35 heavy (non-hydrogen) atoms. The molecule has 184 valence electrons. The molecule has 6 aliphatic carbocycles. The zero-order valence-electron chi connectivity index (χ0n) is 20.3. The molecule has 0 amide bonds. The van der Waals surface area contributed by atoms with Gasteiger partial charge in [-0.25, -0.2) is 0 Å². The Morgan fingerprint density at radius 1 is 0.829 bits per heavy atom. The fraction of sp³-hybridized carbons (Fsp3) is 0.567. The molecule has 2 aromatic rings. The van der Waals surface area contributed by atoms with Gasteiger partial charge in [-0.05, 0) is 116 Å². The molecule has 1 N–H and O–H groups in total. The Labute approximate surface area is 228 Å². The van der Waals surface area contributed by atoms with Crippen molar-refractivity contribution in [3.05, 3.63) is 53.6 Å². The second kappa shape index (κ2) is 10.3. The van der Waals surface area contributed by atoms with Crippen molar-refractivity contribution in [2.75, 3.05) is 0 Å². The molecule has 6 fully saturated rings. The van der Waals surface area contributed by atoms with Crippen LogP contribution in [0.2, 0.25) is 0 Å². The van der Waals surface area contributed by atoms with Crippen molar-refractivity contribution in [2.24, 2.45) is 34.6 Å². The minimum atomic E-state index is -0.826. The van der Waals surface area contributed by atoms with Gasteiger partial charge in [-0.3, -0.25) is 4.99 Å². The average Bonchev–Trinajstić information content (AvgIpc) is 3.47. The van der Waals surface area contributed by atoms with E-state index in [2.05, 4.69) is 42.5 Å². The number of rotatable bonds is 4. The molecule has 2 aromatic carbocycles. The van der Waals surface area contributed by atoms with Gasteiger partial charge in [0, 0.05) is 17.3 Å². The molecular weight excluding hydrogens is 552 g/mol. The van der Waals surface area contributed by atoms with E-state index in [0.717, 1.165) is 35.2 Å². The second-order valence-corrected chi connectivity index (χ2v) is 15.8. The Balaban J connectivity index is 0.000000727. The standard InChI is InChI=1S/C30H35NO.2ClH.Zr/c32-29-26(18-31-28-12-19-6-7-24(28)11-19)13-25(23-4-2-1-3-5-23)14-27(29)30-15-20-8-21(16-30)10-22(9-20)17-30;;;/h1-5,13-14,18-22,24,28,32H,6-12,15-17H2;2*1H;/q;;;+2/p-2. The normalized spacial score (nSPS) is 36.4. The summed E-state index contributed by atoms with van der Waals surface area (Å²) in [5, 5.41) is 11.6. The fourth-order valence-electron chi connectivity index (χ4n) is 8.97. The summed E-state index contributed by atoms with van der Waals surface area (Å²) < 4.78 is 0. The average molecular weight is 588 g/mol. The first-order valence-electron chi connectivity index (χ1n) is 13.5. The van der Waals surface area contributed by atoms with E-state index >= 15 is 0 Å². The van der Waals surface area contributed by atoms with Crippen LogP contribution in [-0.2, 0) is 26.3 Å². The predicted molar refractivity (Wildman–Crippen MR) is 142 cm³/mol. The number of fused-ring (bicyclic) bond motifs is 2. The van der Waals surface area contributed by atoms with Gasteiger partial charge in [0.05, 0.1) is 6.04 Å². The third kappa shape index (κ3) is 4.84. The number of phenols is 1. The van der Waals surface area contributed by atoms with Gasteiger partial charge in [-0.15, -0.1) is 0 Å². The van der Waals surface area contributed by atoms with Gasteiger partial charge in [-0.1, -0.05) is 36.8 Å². The summed E-state index contributed by atoms with van der Waals surface area (Å²) in [5.41, 5.74) is 4.84. The first kappa shape index (κ1) is 24.7. The molecule has 0 aromatic heterocycles. The van der Waals surface area contributed by atoms with Crippen molar-refractivity contribution >= 4 is 23.2 Å². The van der Waals surface area contributed by atoms with E-state index in [9.17, 15) is 5.11 Å². The number of phenolic OH excluding ortho intramolecular Hbond substituents is 1. The van der Waals surface area contributed by atoms with Gasteiger partial charge in [0.2, 0.25) is 0 Å². The molecule has 6 saturated carbocycles. The van der Waals surface area contributed by atoms with Crippen molar-refractivity contribution in [1.82, 2.24) is 0 Å². The Hall–Kier alpha value is -0.627. The summed E-state index contributed by atoms with van der Waals surface area (Å²) in [6.07, 6.45) is 15.5. The molecule has 8 rings (SSSR count). The summed E-state index contributed by atoms with van der Waals surface area (Å²) >= 11 is -0.826. The first-order valence-corrected chi connectivity index (χ1v) is 19.8. The van der Waals surface area contributed by atoms with Crippen molar-refractivity contribution in [3.8, 4) is 16.9 Å². The van der Waals surface area contributed by atoms with E-state index in [0.29, 0.717) is 11.8 Å². The topological polar surface area (TPSA) is 32.6 Å². The van der Waals surface area contributed by atoms with E-state index in [1.54, 1.807) is 0 Å². The minimum absolute atomic E-state index is 0.179. The Bertz CT molecular complexity index is 1050. The molecule has 0 spiro atoms.